The van der Waals surface area contributed by atoms with Crippen LogP contribution in [-0.4, -0.2) is 24.7 Å². The second-order valence-corrected chi connectivity index (χ2v) is 10.6. The van der Waals surface area contributed by atoms with E-state index >= 15 is 0 Å². The fourth-order valence-corrected chi connectivity index (χ4v) is 7.39. The van der Waals surface area contributed by atoms with E-state index in [0.29, 0.717) is 30.9 Å². The molecule has 5 nitrogen and oxygen atoms in total. The molecular weight excluding hydrogens is 378 g/mol. The minimum absolute atomic E-state index is 0.410. The Morgan fingerprint density at radius 2 is 1.83 bits per heavy atom. The van der Waals surface area contributed by atoms with Gasteiger partial charge in [-0.1, -0.05) is 12.1 Å². The highest BCUT2D eigenvalue weighted by Crippen LogP contribution is 2.64. The first-order valence-corrected chi connectivity index (χ1v) is 12.2. The number of hydrogen-bond acceptors (Lipinski definition) is 5. The lowest BCUT2D eigenvalue weighted by molar-refractivity contribution is -0.390. The molecule has 2 spiro atoms. The van der Waals surface area contributed by atoms with Crippen molar-refractivity contribution in [1.29, 1.82) is 0 Å². The molecule has 7 rings (SSSR count). The van der Waals surface area contributed by atoms with Crippen molar-refractivity contribution in [1.82, 2.24) is 0 Å². The second kappa shape index (κ2) is 7.47. The van der Waals surface area contributed by atoms with Crippen LogP contribution in [0, 0.1) is 23.7 Å². The maximum atomic E-state index is 6.93. The van der Waals surface area contributed by atoms with Crippen molar-refractivity contribution in [2.75, 3.05) is 13.2 Å². The highest BCUT2D eigenvalue weighted by atomic mass is 17.3. The quantitative estimate of drug-likeness (QED) is 0.549. The predicted octanol–water partition coefficient (Wildman–Crippen LogP) is 4.90. The van der Waals surface area contributed by atoms with Gasteiger partial charge in [0.2, 0.25) is 11.6 Å². The lowest BCUT2D eigenvalue weighted by Gasteiger charge is -2.57. The molecule has 1 heterocycles. The van der Waals surface area contributed by atoms with E-state index in [4.69, 9.17) is 25.0 Å². The van der Waals surface area contributed by atoms with E-state index < -0.39 is 11.6 Å². The molecule has 5 aliphatic carbocycles. The summed E-state index contributed by atoms with van der Waals surface area (Å²) < 4.78 is 12.8. The number of ether oxygens (including phenoxy) is 2. The maximum absolute atomic E-state index is 6.93. The molecule has 6 fully saturated rings. The molecule has 5 heteroatoms. The van der Waals surface area contributed by atoms with Crippen LogP contribution in [0.1, 0.15) is 75.7 Å². The molecule has 1 aromatic rings. The topological polar surface area (TPSA) is 62.9 Å². The van der Waals surface area contributed by atoms with Crippen LogP contribution in [0.2, 0.25) is 0 Å². The summed E-state index contributed by atoms with van der Waals surface area (Å²) >= 11 is 0. The first-order valence-electron chi connectivity index (χ1n) is 12.2. The number of hydrogen-bond donors (Lipinski definition) is 1. The average molecular weight is 414 g/mol. The summed E-state index contributed by atoms with van der Waals surface area (Å²) in [6.45, 7) is 1.33. The van der Waals surface area contributed by atoms with Gasteiger partial charge >= 0.3 is 0 Å². The Kier molecular flexibility index (Phi) is 4.87. The van der Waals surface area contributed by atoms with Gasteiger partial charge in [0.15, 0.2) is 0 Å². The first kappa shape index (κ1) is 19.5. The molecule has 0 aromatic heterocycles. The normalized spacial score (nSPS) is 44.2. The molecule has 6 aliphatic rings. The molecule has 30 heavy (non-hydrogen) atoms. The Morgan fingerprint density at radius 1 is 1.03 bits per heavy atom. The van der Waals surface area contributed by atoms with Crippen LogP contribution >= 0.6 is 0 Å². The van der Waals surface area contributed by atoms with E-state index in [0.717, 1.165) is 49.7 Å². The summed E-state index contributed by atoms with van der Waals surface area (Å²) in [6.07, 6.45) is 11.4. The van der Waals surface area contributed by atoms with Crippen molar-refractivity contribution in [2.24, 2.45) is 29.4 Å². The Labute approximate surface area is 179 Å². The first-order chi connectivity index (χ1) is 14.7. The Balaban J connectivity index is 1.18. The Bertz CT molecular complexity index is 754. The zero-order chi connectivity index (χ0) is 20.2. The SMILES string of the molecule is NCCCOc1cccc(C2CCCC3(C2)OOC2(O3)C3CC4CC(C3)CC2C4)c1. The van der Waals surface area contributed by atoms with Crippen LogP contribution in [0.5, 0.6) is 5.75 Å². The maximum Gasteiger partial charge on any atom is 0.210 e. The summed E-state index contributed by atoms with van der Waals surface area (Å²) in [4.78, 5) is 12.4. The molecular formula is C25H35NO4. The van der Waals surface area contributed by atoms with Gasteiger partial charge in [0.1, 0.15) is 5.75 Å². The molecule has 0 amide bonds. The highest BCUT2D eigenvalue weighted by Gasteiger charge is 2.67. The monoisotopic (exact) mass is 413 g/mol. The smallest absolute Gasteiger partial charge is 0.210 e. The van der Waals surface area contributed by atoms with Gasteiger partial charge in [-0.25, -0.2) is 0 Å². The van der Waals surface area contributed by atoms with Gasteiger partial charge in [-0.2, -0.15) is 9.78 Å². The van der Waals surface area contributed by atoms with Gasteiger partial charge < -0.3 is 15.2 Å². The third-order valence-electron chi connectivity index (χ3n) is 8.56. The van der Waals surface area contributed by atoms with E-state index in [-0.39, 0.29) is 0 Å². The van der Waals surface area contributed by atoms with Crippen LogP contribution in [0.25, 0.3) is 0 Å². The van der Waals surface area contributed by atoms with E-state index in [9.17, 15) is 0 Å². The van der Waals surface area contributed by atoms with Crippen molar-refractivity contribution in [3.05, 3.63) is 29.8 Å². The third kappa shape index (κ3) is 3.21. The predicted molar refractivity (Wildman–Crippen MR) is 113 cm³/mol. The van der Waals surface area contributed by atoms with Gasteiger partial charge in [-0.05, 0) is 93.4 Å². The number of rotatable bonds is 5. The summed E-state index contributed by atoms with van der Waals surface area (Å²) in [7, 11) is 0. The van der Waals surface area contributed by atoms with Crippen molar-refractivity contribution >= 4 is 0 Å². The molecule has 4 bridgehead atoms. The van der Waals surface area contributed by atoms with Crippen LogP contribution in [0.4, 0.5) is 0 Å². The van der Waals surface area contributed by atoms with Crippen molar-refractivity contribution in [3.63, 3.8) is 0 Å². The third-order valence-corrected chi connectivity index (χ3v) is 8.56. The van der Waals surface area contributed by atoms with Gasteiger partial charge in [0.05, 0.1) is 6.61 Å². The Morgan fingerprint density at radius 3 is 2.60 bits per heavy atom. The second-order valence-electron chi connectivity index (χ2n) is 10.6. The highest BCUT2D eigenvalue weighted by molar-refractivity contribution is 5.31. The molecule has 1 aliphatic heterocycles. The standard InChI is InChI=1S/C25H35NO4/c26-8-3-9-27-23-6-1-4-19(15-23)20-5-2-7-24(16-20)28-25(30-29-24)21-11-17-10-18(13-21)14-22(25)12-17/h1,4,6,15,17-18,20-22H,2-3,5,7-14,16,26H2. The number of nitrogens with two attached hydrogens (primary N) is 1. The van der Waals surface area contributed by atoms with Gasteiger partial charge in [-0.15, -0.1) is 0 Å². The van der Waals surface area contributed by atoms with Crippen molar-refractivity contribution in [3.8, 4) is 5.75 Å². The summed E-state index contributed by atoms with van der Waals surface area (Å²) in [5.41, 5.74) is 6.91. The van der Waals surface area contributed by atoms with Crippen LogP contribution < -0.4 is 10.5 Å². The molecule has 2 atom stereocenters. The molecule has 5 saturated carbocycles. The number of benzene rings is 1. The lowest BCUT2D eigenvalue weighted by Crippen LogP contribution is -2.59. The lowest BCUT2D eigenvalue weighted by atomic mass is 9.53. The van der Waals surface area contributed by atoms with Gasteiger partial charge in [-0.3, -0.25) is 0 Å². The van der Waals surface area contributed by atoms with Crippen molar-refractivity contribution in [2.45, 2.75) is 81.7 Å². The summed E-state index contributed by atoms with van der Waals surface area (Å²) in [5, 5.41) is 0. The molecule has 0 radical (unpaired) electrons. The molecule has 1 aromatic carbocycles. The molecule has 164 valence electrons. The zero-order valence-corrected chi connectivity index (χ0v) is 17.9. The van der Waals surface area contributed by atoms with Crippen LogP contribution in [-0.2, 0) is 14.5 Å². The zero-order valence-electron chi connectivity index (χ0n) is 17.9. The summed E-state index contributed by atoms with van der Waals surface area (Å²) in [5.74, 6) is 3.12. The minimum Gasteiger partial charge on any atom is -0.494 e. The molecule has 2 N–H and O–H groups in total. The van der Waals surface area contributed by atoms with E-state index in [2.05, 4.69) is 18.2 Å². The fraction of sp³-hybridized carbons (Fsp3) is 0.760. The van der Waals surface area contributed by atoms with E-state index in [1.807, 2.05) is 6.07 Å². The summed E-state index contributed by atoms with van der Waals surface area (Å²) in [6, 6.07) is 8.54. The van der Waals surface area contributed by atoms with Crippen LogP contribution in [0.3, 0.4) is 0 Å². The Hall–Kier alpha value is -1.14. The van der Waals surface area contributed by atoms with E-state index in [1.54, 1.807) is 0 Å². The fourth-order valence-electron chi connectivity index (χ4n) is 7.39. The molecule has 2 unspecified atom stereocenters. The largest absolute Gasteiger partial charge is 0.494 e. The van der Waals surface area contributed by atoms with Crippen molar-refractivity contribution < 1.29 is 19.2 Å². The van der Waals surface area contributed by atoms with E-state index in [1.165, 1.54) is 37.7 Å². The minimum atomic E-state index is -0.575. The van der Waals surface area contributed by atoms with Gasteiger partial charge in [0.25, 0.3) is 0 Å². The average Bonchev–Trinajstić information content (AvgIpc) is 3.11. The molecule has 1 saturated heterocycles. The van der Waals surface area contributed by atoms with Crippen LogP contribution in [0.15, 0.2) is 24.3 Å². The van der Waals surface area contributed by atoms with Gasteiger partial charge in [0, 0.05) is 24.7 Å².